The molecule has 2 rings (SSSR count). The highest BCUT2D eigenvalue weighted by Gasteiger charge is 2.04. The van der Waals surface area contributed by atoms with Crippen molar-refractivity contribution in [2.45, 2.75) is 26.8 Å². The molecule has 0 fully saturated rings. The number of ether oxygens (including phenoxy) is 1. The Morgan fingerprint density at radius 1 is 1.22 bits per heavy atom. The molecular weight excluding hydrogens is 292 g/mol. The average molecular weight is 314 g/mol. The zero-order valence-electron chi connectivity index (χ0n) is 13.5. The van der Waals surface area contributed by atoms with Crippen molar-refractivity contribution in [2.24, 2.45) is 5.92 Å². The summed E-state index contributed by atoms with van der Waals surface area (Å²) in [6.45, 7) is 6.27. The summed E-state index contributed by atoms with van der Waals surface area (Å²) in [5.74, 6) is 0.751. The molecule has 0 saturated carbocycles. The van der Waals surface area contributed by atoms with Gasteiger partial charge in [-0.25, -0.2) is 9.78 Å². The van der Waals surface area contributed by atoms with Crippen molar-refractivity contribution in [3.05, 3.63) is 53.7 Å². The number of hydrogen-bond donors (Lipinski definition) is 2. The van der Waals surface area contributed by atoms with Crippen LogP contribution in [0.5, 0.6) is 11.6 Å². The third-order valence-corrected chi connectivity index (χ3v) is 3.36. The number of rotatable bonds is 8. The molecule has 2 aromatic rings. The predicted molar refractivity (Wildman–Crippen MR) is 88.9 cm³/mol. The molecule has 0 spiro atoms. The van der Waals surface area contributed by atoms with Gasteiger partial charge in [-0.05, 0) is 42.6 Å². The van der Waals surface area contributed by atoms with E-state index in [9.17, 15) is 4.79 Å². The number of nitrogens with zero attached hydrogens (tertiary/aromatic N) is 1. The zero-order valence-corrected chi connectivity index (χ0v) is 13.5. The molecule has 23 heavy (non-hydrogen) atoms. The van der Waals surface area contributed by atoms with E-state index >= 15 is 0 Å². The lowest BCUT2D eigenvalue weighted by Crippen LogP contribution is -2.16. The number of pyridine rings is 1. The Morgan fingerprint density at radius 3 is 2.52 bits per heavy atom. The molecule has 1 heterocycles. The molecular formula is C18H22N2O3. The minimum Gasteiger partial charge on any atom is -0.478 e. The van der Waals surface area contributed by atoms with Crippen LogP contribution in [0.4, 0.5) is 0 Å². The molecule has 5 heteroatoms. The van der Waals surface area contributed by atoms with Crippen LogP contribution in [0.1, 0.15) is 36.2 Å². The summed E-state index contributed by atoms with van der Waals surface area (Å²) in [4.78, 5) is 14.7. The minimum absolute atomic E-state index is 0.139. The summed E-state index contributed by atoms with van der Waals surface area (Å²) < 4.78 is 5.60. The van der Waals surface area contributed by atoms with E-state index < -0.39 is 5.97 Å². The summed E-state index contributed by atoms with van der Waals surface area (Å²) >= 11 is 0. The lowest BCUT2D eigenvalue weighted by atomic mass is 10.1. The minimum atomic E-state index is -1.00. The van der Waals surface area contributed by atoms with E-state index in [0.717, 1.165) is 13.1 Å². The lowest BCUT2D eigenvalue weighted by molar-refractivity contribution is 0.0696. The van der Waals surface area contributed by atoms with Crippen LogP contribution in [0.3, 0.4) is 0 Å². The molecule has 0 aliphatic heterocycles. The van der Waals surface area contributed by atoms with Gasteiger partial charge in [-0.3, -0.25) is 0 Å². The summed E-state index contributed by atoms with van der Waals surface area (Å²) in [7, 11) is 0. The Kier molecular flexibility index (Phi) is 6.11. The molecule has 0 unspecified atom stereocenters. The highest BCUT2D eigenvalue weighted by atomic mass is 16.5. The van der Waals surface area contributed by atoms with E-state index in [0.29, 0.717) is 17.5 Å². The smallest absolute Gasteiger partial charge is 0.337 e. The van der Waals surface area contributed by atoms with Crippen LogP contribution in [0.15, 0.2) is 42.6 Å². The van der Waals surface area contributed by atoms with Gasteiger partial charge < -0.3 is 15.2 Å². The van der Waals surface area contributed by atoms with Crippen molar-refractivity contribution < 1.29 is 14.6 Å². The van der Waals surface area contributed by atoms with E-state index in [2.05, 4.69) is 24.1 Å². The number of carboxylic acid groups (broad SMARTS) is 1. The normalized spacial score (nSPS) is 10.7. The maximum atomic E-state index is 10.8. The highest BCUT2D eigenvalue weighted by Crippen LogP contribution is 2.20. The van der Waals surface area contributed by atoms with E-state index in [4.69, 9.17) is 9.84 Å². The van der Waals surface area contributed by atoms with E-state index in [1.807, 2.05) is 24.3 Å². The molecule has 0 aliphatic rings. The van der Waals surface area contributed by atoms with Crippen LogP contribution in [0.2, 0.25) is 0 Å². The number of nitrogens with one attached hydrogen (secondary N) is 1. The number of carbonyl (C=O) groups is 1. The van der Waals surface area contributed by atoms with Gasteiger partial charge in [-0.1, -0.05) is 26.0 Å². The van der Waals surface area contributed by atoms with Crippen molar-refractivity contribution in [3.63, 3.8) is 0 Å². The maximum Gasteiger partial charge on any atom is 0.337 e. The molecule has 0 radical (unpaired) electrons. The fourth-order valence-electron chi connectivity index (χ4n) is 1.99. The van der Waals surface area contributed by atoms with Gasteiger partial charge in [0.1, 0.15) is 5.75 Å². The fourth-order valence-corrected chi connectivity index (χ4v) is 1.99. The van der Waals surface area contributed by atoms with Gasteiger partial charge in [0, 0.05) is 18.8 Å². The van der Waals surface area contributed by atoms with Gasteiger partial charge in [0.25, 0.3) is 0 Å². The summed E-state index contributed by atoms with van der Waals surface area (Å²) in [6, 6.07) is 10.8. The fraction of sp³-hybridized carbons (Fsp3) is 0.333. The number of carboxylic acids is 1. The monoisotopic (exact) mass is 314 g/mol. The third-order valence-electron chi connectivity index (χ3n) is 3.36. The molecule has 5 nitrogen and oxygen atoms in total. The van der Waals surface area contributed by atoms with Gasteiger partial charge in [-0.2, -0.15) is 0 Å². The SMILES string of the molecule is CC(C)CCNCc1ccc(Oc2ccc(C(=O)O)cn2)cc1. The number of hydrogen-bond acceptors (Lipinski definition) is 4. The Bertz CT molecular complexity index is 622. The second-order valence-electron chi connectivity index (χ2n) is 5.80. The first-order valence-electron chi connectivity index (χ1n) is 7.71. The summed E-state index contributed by atoms with van der Waals surface area (Å²) in [6.07, 6.45) is 2.45. The van der Waals surface area contributed by atoms with Gasteiger partial charge >= 0.3 is 5.97 Å². The second-order valence-corrected chi connectivity index (χ2v) is 5.80. The van der Waals surface area contributed by atoms with Crippen LogP contribution < -0.4 is 10.1 Å². The molecule has 0 atom stereocenters. The summed E-state index contributed by atoms with van der Waals surface area (Å²) in [5, 5.41) is 12.2. The van der Waals surface area contributed by atoms with Gasteiger partial charge in [0.15, 0.2) is 0 Å². The number of benzene rings is 1. The molecule has 1 aromatic carbocycles. The Hall–Kier alpha value is -2.40. The third kappa shape index (κ3) is 5.71. The quantitative estimate of drug-likeness (QED) is 0.727. The van der Waals surface area contributed by atoms with Gasteiger partial charge in [-0.15, -0.1) is 0 Å². The Labute approximate surface area is 136 Å². The molecule has 0 bridgehead atoms. The van der Waals surface area contributed by atoms with Crippen LogP contribution in [0, 0.1) is 5.92 Å². The molecule has 0 saturated heterocycles. The zero-order chi connectivity index (χ0) is 16.7. The van der Waals surface area contributed by atoms with Gasteiger partial charge in [0.05, 0.1) is 5.56 Å². The van der Waals surface area contributed by atoms with Crippen molar-refractivity contribution in [1.82, 2.24) is 10.3 Å². The Morgan fingerprint density at radius 2 is 1.96 bits per heavy atom. The first-order chi connectivity index (χ1) is 11.0. The lowest BCUT2D eigenvalue weighted by Gasteiger charge is -2.08. The van der Waals surface area contributed by atoms with Crippen LogP contribution >= 0.6 is 0 Å². The summed E-state index contributed by atoms with van der Waals surface area (Å²) in [5.41, 5.74) is 1.33. The molecule has 0 aliphatic carbocycles. The predicted octanol–water partition coefficient (Wildman–Crippen LogP) is 3.71. The average Bonchev–Trinajstić information content (AvgIpc) is 2.53. The van der Waals surface area contributed by atoms with E-state index in [1.54, 1.807) is 6.07 Å². The first-order valence-corrected chi connectivity index (χ1v) is 7.71. The van der Waals surface area contributed by atoms with Crippen LogP contribution in [-0.2, 0) is 6.54 Å². The topological polar surface area (TPSA) is 71.5 Å². The highest BCUT2D eigenvalue weighted by molar-refractivity contribution is 5.87. The van der Waals surface area contributed by atoms with Crippen molar-refractivity contribution in [3.8, 4) is 11.6 Å². The standard InChI is InChI=1S/C18H22N2O3/c1-13(2)9-10-19-11-14-3-6-16(7-4-14)23-17-8-5-15(12-20-17)18(21)22/h3-8,12-13,19H,9-11H2,1-2H3,(H,21,22). The van der Waals surface area contributed by atoms with Crippen LogP contribution in [0.25, 0.3) is 0 Å². The maximum absolute atomic E-state index is 10.8. The van der Waals surface area contributed by atoms with Crippen LogP contribution in [-0.4, -0.2) is 22.6 Å². The van der Waals surface area contributed by atoms with Crippen molar-refractivity contribution >= 4 is 5.97 Å². The second kappa shape index (κ2) is 8.29. The van der Waals surface area contributed by atoms with E-state index in [1.165, 1.54) is 24.2 Å². The van der Waals surface area contributed by atoms with Crippen molar-refractivity contribution in [2.75, 3.05) is 6.54 Å². The number of aromatic carboxylic acids is 1. The largest absolute Gasteiger partial charge is 0.478 e. The number of aromatic nitrogens is 1. The van der Waals surface area contributed by atoms with E-state index in [-0.39, 0.29) is 5.56 Å². The molecule has 0 amide bonds. The Balaban J connectivity index is 1.85. The first kappa shape index (κ1) is 17.0. The van der Waals surface area contributed by atoms with Gasteiger partial charge in [0.2, 0.25) is 5.88 Å². The van der Waals surface area contributed by atoms with Crippen molar-refractivity contribution in [1.29, 1.82) is 0 Å². The molecule has 122 valence electrons. The molecule has 2 N–H and O–H groups in total. The molecule has 1 aromatic heterocycles.